The van der Waals surface area contributed by atoms with Gasteiger partial charge in [0.2, 0.25) is 0 Å². The minimum absolute atomic E-state index is 0.462. The predicted molar refractivity (Wildman–Crippen MR) is 71.6 cm³/mol. The van der Waals surface area contributed by atoms with Crippen LogP contribution in [-0.2, 0) is 0 Å². The molecule has 0 aromatic heterocycles. The van der Waals surface area contributed by atoms with Crippen molar-refractivity contribution in [3.05, 3.63) is 35.9 Å². The highest BCUT2D eigenvalue weighted by molar-refractivity contribution is 5.18. The van der Waals surface area contributed by atoms with Crippen molar-refractivity contribution in [1.29, 1.82) is 0 Å². The third-order valence-electron chi connectivity index (χ3n) is 3.06. The van der Waals surface area contributed by atoms with Crippen LogP contribution >= 0.6 is 0 Å². The summed E-state index contributed by atoms with van der Waals surface area (Å²) in [7, 11) is 0. The molecular weight excluding hydrogens is 194 g/mol. The molecular formula is C15H25N. The van der Waals surface area contributed by atoms with Crippen molar-refractivity contribution >= 4 is 0 Å². The first-order chi connectivity index (χ1) is 7.77. The van der Waals surface area contributed by atoms with E-state index in [1.807, 2.05) is 0 Å². The molecule has 90 valence electrons. The molecule has 16 heavy (non-hydrogen) atoms. The Labute approximate surface area is 100 Å². The average molecular weight is 219 g/mol. The lowest BCUT2D eigenvalue weighted by atomic mass is 10.0. The van der Waals surface area contributed by atoms with E-state index in [2.05, 4.69) is 56.4 Å². The molecule has 0 aliphatic carbocycles. The Bertz CT molecular complexity index is 262. The Hall–Kier alpha value is -0.820. The van der Waals surface area contributed by atoms with Crippen LogP contribution in [0.3, 0.4) is 0 Å². The number of hydrogen-bond donors (Lipinski definition) is 1. The Morgan fingerprint density at radius 2 is 1.56 bits per heavy atom. The Morgan fingerprint density at radius 3 is 2.06 bits per heavy atom. The summed E-state index contributed by atoms with van der Waals surface area (Å²) >= 11 is 0. The summed E-state index contributed by atoms with van der Waals surface area (Å²) in [5, 5.41) is 3.74. The molecule has 1 unspecified atom stereocenters. The molecule has 0 spiro atoms. The highest BCUT2D eigenvalue weighted by Crippen LogP contribution is 2.15. The third-order valence-corrected chi connectivity index (χ3v) is 3.06. The van der Waals surface area contributed by atoms with Gasteiger partial charge >= 0.3 is 0 Å². The van der Waals surface area contributed by atoms with Crippen molar-refractivity contribution in [1.82, 2.24) is 5.32 Å². The molecule has 0 amide bonds. The molecule has 1 rings (SSSR count). The molecule has 0 aliphatic heterocycles. The van der Waals surface area contributed by atoms with E-state index in [0.717, 1.165) is 0 Å². The summed E-state index contributed by atoms with van der Waals surface area (Å²) in [5.74, 6) is 0. The largest absolute Gasteiger partial charge is 0.307 e. The molecule has 0 saturated carbocycles. The number of benzene rings is 1. The van der Waals surface area contributed by atoms with Crippen LogP contribution in [0.2, 0.25) is 0 Å². The average Bonchev–Trinajstić information content (AvgIpc) is 2.31. The van der Waals surface area contributed by atoms with Crippen molar-refractivity contribution in [2.24, 2.45) is 0 Å². The minimum atomic E-state index is 0.462. The molecule has 1 nitrogen and oxygen atoms in total. The van der Waals surface area contributed by atoms with Gasteiger partial charge in [-0.15, -0.1) is 0 Å². The van der Waals surface area contributed by atoms with Gasteiger partial charge in [0.1, 0.15) is 0 Å². The van der Waals surface area contributed by atoms with Crippen LogP contribution in [0.25, 0.3) is 0 Å². The van der Waals surface area contributed by atoms with E-state index in [1.54, 1.807) is 0 Å². The van der Waals surface area contributed by atoms with Crippen molar-refractivity contribution in [3.63, 3.8) is 0 Å². The maximum Gasteiger partial charge on any atom is 0.0294 e. The summed E-state index contributed by atoms with van der Waals surface area (Å²) in [6.45, 7) is 6.78. The first kappa shape index (κ1) is 13.2. The van der Waals surface area contributed by atoms with Gasteiger partial charge in [0.05, 0.1) is 0 Å². The van der Waals surface area contributed by atoms with Gasteiger partial charge in [-0.3, -0.25) is 0 Å². The first-order valence-corrected chi connectivity index (χ1v) is 6.58. The fourth-order valence-corrected chi connectivity index (χ4v) is 2.20. The fourth-order valence-electron chi connectivity index (χ4n) is 2.20. The topological polar surface area (TPSA) is 12.0 Å². The molecule has 0 aliphatic rings. The summed E-state index contributed by atoms with van der Waals surface area (Å²) in [6, 6.07) is 11.8. The quantitative estimate of drug-likeness (QED) is 0.720. The fraction of sp³-hybridized carbons (Fsp3) is 0.600. The zero-order chi connectivity index (χ0) is 11.8. The first-order valence-electron chi connectivity index (χ1n) is 6.58. The molecule has 0 fully saturated rings. The van der Waals surface area contributed by atoms with Crippen molar-refractivity contribution in [2.75, 3.05) is 0 Å². The maximum absolute atomic E-state index is 3.74. The second-order valence-electron chi connectivity index (χ2n) is 4.57. The van der Waals surface area contributed by atoms with Crippen molar-refractivity contribution in [3.8, 4) is 0 Å². The molecule has 0 bridgehead atoms. The molecule has 0 heterocycles. The molecule has 1 aromatic carbocycles. The summed E-state index contributed by atoms with van der Waals surface area (Å²) < 4.78 is 0. The smallest absolute Gasteiger partial charge is 0.0294 e. The van der Waals surface area contributed by atoms with Crippen LogP contribution in [0.15, 0.2) is 30.3 Å². The van der Waals surface area contributed by atoms with Crippen molar-refractivity contribution < 1.29 is 0 Å². The zero-order valence-electron chi connectivity index (χ0n) is 10.9. The Morgan fingerprint density at radius 1 is 1.00 bits per heavy atom. The maximum atomic E-state index is 3.74. The van der Waals surface area contributed by atoms with Crippen molar-refractivity contribution in [2.45, 2.75) is 58.5 Å². The van der Waals surface area contributed by atoms with E-state index < -0.39 is 0 Å². The van der Waals surface area contributed by atoms with Crippen LogP contribution in [-0.4, -0.2) is 6.04 Å². The van der Waals surface area contributed by atoms with E-state index in [-0.39, 0.29) is 0 Å². The number of hydrogen-bond acceptors (Lipinski definition) is 1. The van der Waals surface area contributed by atoms with Gasteiger partial charge in [0, 0.05) is 12.1 Å². The molecule has 0 radical (unpaired) electrons. The monoisotopic (exact) mass is 219 g/mol. The third kappa shape index (κ3) is 4.36. The van der Waals surface area contributed by atoms with Crippen LogP contribution < -0.4 is 5.32 Å². The normalized spacial score (nSPS) is 13.0. The van der Waals surface area contributed by atoms with Gasteiger partial charge in [-0.05, 0) is 25.3 Å². The SMILES string of the molecule is CCCC(CCC)NC(C)c1ccccc1. The molecule has 1 atom stereocenters. The van der Waals surface area contributed by atoms with E-state index in [9.17, 15) is 0 Å². The van der Waals surface area contributed by atoms with Gasteiger partial charge in [-0.2, -0.15) is 0 Å². The van der Waals surface area contributed by atoms with E-state index in [4.69, 9.17) is 0 Å². The Balaban J connectivity index is 2.50. The second kappa shape index (κ2) is 7.45. The lowest BCUT2D eigenvalue weighted by Crippen LogP contribution is -2.31. The molecule has 0 saturated heterocycles. The van der Waals surface area contributed by atoms with Gasteiger partial charge in [0.15, 0.2) is 0 Å². The minimum Gasteiger partial charge on any atom is -0.307 e. The summed E-state index contributed by atoms with van der Waals surface area (Å²) in [5.41, 5.74) is 1.39. The van der Waals surface area contributed by atoms with Crippen LogP contribution in [0, 0.1) is 0 Å². The summed E-state index contributed by atoms with van der Waals surface area (Å²) in [4.78, 5) is 0. The van der Waals surface area contributed by atoms with Crippen LogP contribution in [0.1, 0.15) is 58.1 Å². The number of nitrogens with one attached hydrogen (secondary N) is 1. The van der Waals surface area contributed by atoms with Gasteiger partial charge < -0.3 is 5.32 Å². The van der Waals surface area contributed by atoms with Gasteiger partial charge in [-0.25, -0.2) is 0 Å². The highest BCUT2D eigenvalue weighted by atomic mass is 14.9. The number of rotatable bonds is 7. The van der Waals surface area contributed by atoms with E-state index >= 15 is 0 Å². The highest BCUT2D eigenvalue weighted by Gasteiger charge is 2.11. The molecule has 1 aromatic rings. The molecule has 1 heteroatoms. The van der Waals surface area contributed by atoms with E-state index in [1.165, 1.54) is 31.2 Å². The lowest BCUT2D eigenvalue weighted by Gasteiger charge is -2.23. The van der Waals surface area contributed by atoms with Gasteiger partial charge in [-0.1, -0.05) is 57.0 Å². The zero-order valence-corrected chi connectivity index (χ0v) is 10.9. The van der Waals surface area contributed by atoms with Gasteiger partial charge in [0.25, 0.3) is 0 Å². The van der Waals surface area contributed by atoms with E-state index in [0.29, 0.717) is 12.1 Å². The standard InChI is InChI=1S/C15H25N/c1-4-9-15(10-5-2)16-13(3)14-11-7-6-8-12-14/h6-8,11-13,15-16H,4-5,9-10H2,1-3H3. The Kier molecular flexibility index (Phi) is 6.17. The van der Waals surface area contributed by atoms with Crippen LogP contribution in [0.5, 0.6) is 0 Å². The lowest BCUT2D eigenvalue weighted by molar-refractivity contribution is 0.402. The predicted octanol–water partition coefficient (Wildman–Crippen LogP) is 4.31. The van der Waals surface area contributed by atoms with Crippen LogP contribution in [0.4, 0.5) is 0 Å². The molecule has 1 N–H and O–H groups in total. The summed E-state index contributed by atoms with van der Waals surface area (Å²) in [6.07, 6.45) is 5.09. The second-order valence-corrected chi connectivity index (χ2v) is 4.57.